The summed E-state index contributed by atoms with van der Waals surface area (Å²) < 4.78 is 0. The van der Waals surface area contributed by atoms with Crippen LogP contribution in [-0.2, 0) is 0 Å². The summed E-state index contributed by atoms with van der Waals surface area (Å²) in [5.74, 6) is 0. The fraction of sp³-hybridized carbons (Fsp3) is 0.174. The van der Waals surface area contributed by atoms with Crippen LogP contribution >= 0.6 is 0 Å². The molecule has 0 radical (unpaired) electrons. The van der Waals surface area contributed by atoms with Gasteiger partial charge < -0.3 is 20.4 Å². The summed E-state index contributed by atoms with van der Waals surface area (Å²) in [6.07, 6.45) is 4.63. The minimum atomic E-state index is 0.969. The Hall–Kier alpha value is -5.74. The fourth-order valence-corrected chi connectivity index (χ4v) is 6.80. The van der Waals surface area contributed by atoms with Crippen molar-refractivity contribution < 1.29 is 0 Å². The molecule has 0 atom stereocenters. The summed E-state index contributed by atoms with van der Waals surface area (Å²) >= 11 is 0. The number of hydrogen-bond donors (Lipinski definition) is 2. The van der Waals surface area contributed by atoms with Crippen molar-refractivity contribution in [3.8, 4) is 0 Å². The van der Waals surface area contributed by atoms with E-state index in [0.29, 0.717) is 0 Å². The van der Waals surface area contributed by atoms with E-state index in [9.17, 15) is 0 Å². The quantitative estimate of drug-likeness (QED) is 0.0694. The lowest BCUT2D eigenvalue weighted by Gasteiger charge is -2.35. The minimum Gasteiger partial charge on any atom is -0.385 e. The van der Waals surface area contributed by atoms with Crippen molar-refractivity contribution >= 4 is 67.0 Å². The van der Waals surface area contributed by atoms with E-state index in [1.54, 1.807) is 0 Å². The first kappa shape index (κ1) is 32.8. The number of fused-ring (bicyclic) bond motifs is 3. The molecular formula is C46H46N4. The molecule has 0 heterocycles. The predicted molar refractivity (Wildman–Crippen MR) is 218 cm³/mol. The molecule has 0 bridgehead atoms. The molecule has 2 N–H and O–H groups in total. The molecule has 7 aromatic carbocycles. The smallest absolute Gasteiger partial charge is 0.0788 e. The van der Waals surface area contributed by atoms with Crippen molar-refractivity contribution in [2.24, 2.45) is 0 Å². The highest BCUT2D eigenvalue weighted by molar-refractivity contribution is 6.23. The number of hydrogen-bond acceptors (Lipinski definition) is 4. The van der Waals surface area contributed by atoms with Crippen LogP contribution < -0.4 is 20.4 Å². The Balaban J connectivity index is 1.52. The van der Waals surface area contributed by atoms with Gasteiger partial charge in [-0.2, -0.15) is 0 Å². The first-order chi connectivity index (χ1) is 24.8. The lowest BCUT2D eigenvalue weighted by Crippen LogP contribution is -2.18. The zero-order valence-electron chi connectivity index (χ0n) is 29.1. The Morgan fingerprint density at radius 3 is 1.04 bits per heavy atom. The maximum Gasteiger partial charge on any atom is 0.0788 e. The SMILES string of the molecule is CCCCNc1ccc(N(c2ccccc2)c2c(N(c3ccccc3)c3ccc(NCCCC)cc3)c3ccccc3c3ccccc23)cc1. The van der Waals surface area contributed by atoms with Crippen LogP contribution in [-0.4, -0.2) is 13.1 Å². The zero-order chi connectivity index (χ0) is 34.1. The van der Waals surface area contributed by atoms with Crippen LogP contribution in [0.15, 0.2) is 158 Å². The first-order valence-corrected chi connectivity index (χ1v) is 18.1. The number of rotatable bonds is 14. The number of para-hydroxylation sites is 2. The number of unbranched alkanes of at least 4 members (excludes halogenated alkanes) is 2. The van der Waals surface area contributed by atoms with Gasteiger partial charge in [-0.25, -0.2) is 0 Å². The molecular weight excluding hydrogens is 609 g/mol. The third-order valence-corrected chi connectivity index (χ3v) is 9.32. The molecule has 50 heavy (non-hydrogen) atoms. The largest absolute Gasteiger partial charge is 0.385 e. The van der Waals surface area contributed by atoms with Crippen LogP contribution in [0.25, 0.3) is 21.5 Å². The summed E-state index contributed by atoms with van der Waals surface area (Å²) in [6.45, 7) is 6.39. The molecule has 4 nitrogen and oxygen atoms in total. The number of benzene rings is 7. The molecule has 0 unspecified atom stereocenters. The van der Waals surface area contributed by atoms with Crippen molar-refractivity contribution in [1.29, 1.82) is 0 Å². The van der Waals surface area contributed by atoms with E-state index in [1.165, 1.54) is 34.4 Å². The Kier molecular flexibility index (Phi) is 10.3. The Labute approximate surface area is 297 Å². The maximum atomic E-state index is 3.61. The molecule has 0 aliphatic carbocycles. The molecule has 0 saturated heterocycles. The second-order valence-corrected chi connectivity index (χ2v) is 12.8. The summed E-state index contributed by atoms with van der Waals surface area (Å²) in [5, 5.41) is 12.0. The third-order valence-electron chi connectivity index (χ3n) is 9.32. The first-order valence-electron chi connectivity index (χ1n) is 18.1. The van der Waals surface area contributed by atoms with Gasteiger partial charge in [0.2, 0.25) is 0 Å². The highest BCUT2D eigenvalue weighted by atomic mass is 15.2. The monoisotopic (exact) mass is 654 g/mol. The molecule has 0 fully saturated rings. The van der Waals surface area contributed by atoms with E-state index >= 15 is 0 Å². The molecule has 0 aliphatic heterocycles. The van der Waals surface area contributed by atoms with E-state index in [2.05, 4.69) is 192 Å². The second-order valence-electron chi connectivity index (χ2n) is 12.8. The minimum absolute atomic E-state index is 0.969. The standard InChI is InChI=1S/C46H46N4/c1-3-5-33-47-35-25-29-39(30-26-35)49(37-17-9-7-10-18-37)45-43-23-15-13-21-41(43)42-22-14-16-24-44(42)46(45)50(38-19-11-8-12-20-38)40-31-27-36(28-32-40)48-34-6-4-2/h7-32,47-48H,3-6,33-34H2,1-2H3. The number of anilines is 8. The number of nitrogens with zero attached hydrogens (tertiary/aromatic N) is 2. The van der Waals surface area contributed by atoms with E-state index in [-0.39, 0.29) is 0 Å². The van der Waals surface area contributed by atoms with Crippen LogP contribution in [0.4, 0.5) is 45.5 Å². The van der Waals surface area contributed by atoms with Crippen molar-refractivity contribution in [2.75, 3.05) is 33.5 Å². The van der Waals surface area contributed by atoms with Gasteiger partial charge in [0.1, 0.15) is 0 Å². The topological polar surface area (TPSA) is 30.5 Å². The average molecular weight is 655 g/mol. The summed E-state index contributed by atoms with van der Waals surface area (Å²) in [7, 11) is 0. The summed E-state index contributed by atoms with van der Waals surface area (Å²) in [6, 6.07) is 57.1. The normalized spacial score (nSPS) is 11.1. The lowest BCUT2D eigenvalue weighted by molar-refractivity contribution is 0.834. The van der Waals surface area contributed by atoms with E-state index in [1.807, 2.05) is 0 Å². The highest BCUT2D eigenvalue weighted by Crippen LogP contribution is 2.53. The Morgan fingerprint density at radius 1 is 0.360 bits per heavy atom. The molecule has 0 aromatic heterocycles. The lowest BCUT2D eigenvalue weighted by atomic mass is 9.95. The van der Waals surface area contributed by atoms with Gasteiger partial charge in [0.25, 0.3) is 0 Å². The highest BCUT2D eigenvalue weighted by Gasteiger charge is 2.27. The molecule has 250 valence electrons. The van der Waals surface area contributed by atoms with Crippen molar-refractivity contribution in [2.45, 2.75) is 39.5 Å². The molecule has 0 aliphatic rings. The van der Waals surface area contributed by atoms with E-state index in [0.717, 1.165) is 71.4 Å². The molecule has 0 saturated carbocycles. The van der Waals surface area contributed by atoms with Gasteiger partial charge in [-0.3, -0.25) is 0 Å². The molecule has 4 heteroatoms. The van der Waals surface area contributed by atoms with Gasteiger partial charge in [-0.15, -0.1) is 0 Å². The van der Waals surface area contributed by atoms with Gasteiger partial charge in [0.15, 0.2) is 0 Å². The van der Waals surface area contributed by atoms with Crippen molar-refractivity contribution in [3.63, 3.8) is 0 Å². The van der Waals surface area contributed by atoms with Crippen molar-refractivity contribution in [3.05, 3.63) is 158 Å². The average Bonchev–Trinajstić information content (AvgIpc) is 3.18. The van der Waals surface area contributed by atoms with Gasteiger partial charge in [0, 0.05) is 58.0 Å². The molecule has 7 rings (SSSR count). The zero-order valence-corrected chi connectivity index (χ0v) is 29.1. The van der Waals surface area contributed by atoms with Crippen LogP contribution in [0.5, 0.6) is 0 Å². The summed E-state index contributed by atoms with van der Waals surface area (Å²) in [4.78, 5) is 4.88. The molecule has 0 spiro atoms. The third kappa shape index (κ3) is 6.88. The van der Waals surface area contributed by atoms with E-state index < -0.39 is 0 Å². The Morgan fingerprint density at radius 2 is 0.680 bits per heavy atom. The van der Waals surface area contributed by atoms with Gasteiger partial charge >= 0.3 is 0 Å². The molecule has 0 amide bonds. The van der Waals surface area contributed by atoms with Crippen LogP contribution in [0, 0.1) is 0 Å². The van der Waals surface area contributed by atoms with Crippen LogP contribution in [0.2, 0.25) is 0 Å². The predicted octanol–water partition coefficient (Wildman–Crippen LogP) is 13.4. The van der Waals surface area contributed by atoms with Crippen molar-refractivity contribution in [1.82, 2.24) is 0 Å². The van der Waals surface area contributed by atoms with Gasteiger partial charge in [0.05, 0.1) is 11.4 Å². The maximum absolute atomic E-state index is 3.61. The fourth-order valence-electron chi connectivity index (χ4n) is 6.80. The van der Waals surface area contributed by atoms with Gasteiger partial charge in [-0.05, 0) is 96.4 Å². The second kappa shape index (κ2) is 15.7. The van der Waals surface area contributed by atoms with Crippen LogP contribution in [0.3, 0.4) is 0 Å². The summed E-state index contributed by atoms with van der Waals surface area (Å²) in [5.41, 5.74) is 8.94. The van der Waals surface area contributed by atoms with Gasteiger partial charge in [-0.1, -0.05) is 112 Å². The van der Waals surface area contributed by atoms with Crippen LogP contribution in [0.1, 0.15) is 39.5 Å². The van der Waals surface area contributed by atoms with E-state index in [4.69, 9.17) is 0 Å². The number of nitrogens with one attached hydrogen (secondary N) is 2. The molecule has 7 aromatic rings. The Bertz CT molecular complexity index is 1970.